The molecule has 3 heterocycles. The van der Waals surface area contributed by atoms with Crippen LogP contribution in [0.3, 0.4) is 0 Å². The van der Waals surface area contributed by atoms with Crippen molar-refractivity contribution in [2.45, 2.75) is 0 Å². The molecule has 2 N–H and O–H groups in total. The summed E-state index contributed by atoms with van der Waals surface area (Å²) in [6, 6.07) is 7.44. The third-order valence-electron chi connectivity index (χ3n) is 2.34. The summed E-state index contributed by atoms with van der Waals surface area (Å²) in [6.07, 6.45) is 5.28. The first kappa shape index (κ1) is 8.84. The van der Waals surface area contributed by atoms with Crippen LogP contribution in [0, 0.1) is 0 Å². The van der Waals surface area contributed by atoms with Crippen molar-refractivity contribution in [3.8, 4) is 11.4 Å². The zero-order chi connectivity index (χ0) is 11.0. The van der Waals surface area contributed by atoms with Crippen molar-refractivity contribution in [3.63, 3.8) is 0 Å². The summed E-state index contributed by atoms with van der Waals surface area (Å²) in [6.45, 7) is 0. The molecule has 0 atom stereocenters. The van der Waals surface area contributed by atoms with Crippen LogP contribution in [0.25, 0.3) is 17.0 Å². The fourth-order valence-corrected chi connectivity index (χ4v) is 1.60. The number of anilines is 1. The van der Waals surface area contributed by atoms with Gasteiger partial charge in [-0.25, -0.2) is 0 Å². The molecule has 0 spiro atoms. The molecule has 0 aromatic carbocycles. The van der Waals surface area contributed by atoms with Gasteiger partial charge in [0.2, 0.25) is 0 Å². The number of nitrogen functional groups attached to an aromatic ring is 1. The normalized spacial score (nSPS) is 10.8. The first-order chi connectivity index (χ1) is 7.84. The zero-order valence-corrected chi connectivity index (χ0v) is 8.41. The fourth-order valence-electron chi connectivity index (χ4n) is 1.60. The van der Waals surface area contributed by atoms with Gasteiger partial charge in [0.15, 0.2) is 11.5 Å². The molecule has 0 saturated heterocycles. The molecule has 0 radical (unpaired) electrons. The smallest absolute Gasteiger partial charge is 0.169 e. The number of hydrogen-bond donors (Lipinski definition) is 1. The minimum Gasteiger partial charge on any atom is -0.398 e. The van der Waals surface area contributed by atoms with Gasteiger partial charge in [-0.3, -0.25) is 9.38 Å². The average molecular weight is 211 g/mol. The largest absolute Gasteiger partial charge is 0.398 e. The second-order valence-electron chi connectivity index (χ2n) is 3.46. The maximum atomic E-state index is 5.74. The van der Waals surface area contributed by atoms with Crippen molar-refractivity contribution in [3.05, 3.63) is 42.9 Å². The summed E-state index contributed by atoms with van der Waals surface area (Å²) in [7, 11) is 0. The van der Waals surface area contributed by atoms with Crippen molar-refractivity contribution in [1.82, 2.24) is 19.6 Å². The third-order valence-corrected chi connectivity index (χ3v) is 2.34. The highest BCUT2D eigenvalue weighted by molar-refractivity contribution is 5.60. The first-order valence-corrected chi connectivity index (χ1v) is 4.85. The molecule has 0 bridgehead atoms. The van der Waals surface area contributed by atoms with Crippen molar-refractivity contribution in [2.24, 2.45) is 0 Å². The minimum absolute atomic E-state index is 0.678. The predicted molar refractivity (Wildman–Crippen MR) is 60.6 cm³/mol. The lowest BCUT2D eigenvalue weighted by molar-refractivity contribution is 1.11. The molecule has 0 aliphatic heterocycles. The number of fused-ring (bicyclic) bond motifs is 1. The topological polar surface area (TPSA) is 69.1 Å². The molecule has 3 aromatic heterocycles. The zero-order valence-electron chi connectivity index (χ0n) is 8.41. The number of pyridine rings is 2. The Labute approximate surface area is 91.6 Å². The third kappa shape index (κ3) is 1.30. The number of nitrogens with two attached hydrogens (primary N) is 1. The molecule has 0 aliphatic carbocycles. The van der Waals surface area contributed by atoms with Crippen LogP contribution in [0.4, 0.5) is 5.69 Å². The van der Waals surface area contributed by atoms with E-state index < -0.39 is 0 Å². The molecule has 0 saturated carbocycles. The van der Waals surface area contributed by atoms with Crippen molar-refractivity contribution in [2.75, 3.05) is 5.73 Å². The molecule has 0 unspecified atom stereocenters. The van der Waals surface area contributed by atoms with E-state index in [2.05, 4.69) is 15.2 Å². The second kappa shape index (κ2) is 3.30. The van der Waals surface area contributed by atoms with E-state index in [1.807, 2.05) is 22.6 Å². The van der Waals surface area contributed by atoms with Gasteiger partial charge in [0.1, 0.15) is 0 Å². The maximum absolute atomic E-state index is 5.74. The lowest BCUT2D eigenvalue weighted by atomic mass is 10.3. The van der Waals surface area contributed by atoms with Gasteiger partial charge in [0.25, 0.3) is 0 Å². The molecule has 16 heavy (non-hydrogen) atoms. The van der Waals surface area contributed by atoms with E-state index in [0.29, 0.717) is 5.69 Å². The Hall–Kier alpha value is -2.43. The van der Waals surface area contributed by atoms with Crippen LogP contribution in [-0.4, -0.2) is 19.6 Å². The maximum Gasteiger partial charge on any atom is 0.169 e. The Morgan fingerprint density at radius 3 is 2.88 bits per heavy atom. The Morgan fingerprint density at radius 2 is 2.06 bits per heavy atom. The average Bonchev–Trinajstić information content (AvgIpc) is 2.73. The molecular weight excluding hydrogens is 202 g/mol. The van der Waals surface area contributed by atoms with Crippen LogP contribution in [0.2, 0.25) is 0 Å². The number of rotatable bonds is 1. The molecule has 3 rings (SSSR count). The van der Waals surface area contributed by atoms with Crippen LogP contribution in [0.15, 0.2) is 42.9 Å². The highest BCUT2D eigenvalue weighted by Crippen LogP contribution is 2.17. The van der Waals surface area contributed by atoms with Gasteiger partial charge < -0.3 is 5.73 Å². The van der Waals surface area contributed by atoms with E-state index >= 15 is 0 Å². The van der Waals surface area contributed by atoms with E-state index in [-0.39, 0.29) is 0 Å². The first-order valence-electron chi connectivity index (χ1n) is 4.85. The van der Waals surface area contributed by atoms with Crippen LogP contribution in [0.1, 0.15) is 0 Å². The van der Waals surface area contributed by atoms with Gasteiger partial charge in [0.05, 0.1) is 0 Å². The van der Waals surface area contributed by atoms with Crippen LogP contribution >= 0.6 is 0 Å². The molecule has 0 amide bonds. The quantitative estimate of drug-likeness (QED) is 0.660. The molecule has 5 heteroatoms. The molecular formula is C11H9N5. The van der Waals surface area contributed by atoms with Gasteiger partial charge in [0, 0.05) is 29.8 Å². The van der Waals surface area contributed by atoms with Crippen molar-refractivity contribution < 1.29 is 0 Å². The van der Waals surface area contributed by atoms with Crippen LogP contribution in [0.5, 0.6) is 0 Å². The Kier molecular flexibility index (Phi) is 1.83. The van der Waals surface area contributed by atoms with Crippen molar-refractivity contribution >= 4 is 11.3 Å². The van der Waals surface area contributed by atoms with Gasteiger partial charge >= 0.3 is 0 Å². The molecule has 3 aromatic rings. The minimum atomic E-state index is 0.678. The fraction of sp³-hybridized carbons (Fsp3) is 0. The van der Waals surface area contributed by atoms with Gasteiger partial charge in [-0.2, -0.15) is 0 Å². The summed E-state index contributed by atoms with van der Waals surface area (Å²) in [5.41, 5.74) is 8.10. The van der Waals surface area contributed by atoms with E-state index in [1.54, 1.807) is 24.7 Å². The van der Waals surface area contributed by atoms with Gasteiger partial charge in [-0.1, -0.05) is 0 Å². The van der Waals surface area contributed by atoms with E-state index in [9.17, 15) is 0 Å². The lowest BCUT2D eigenvalue weighted by Crippen LogP contribution is -1.93. The summed E-state index contributed by atoms with van der Waals surface area (Å²) in [5, 5.41) is 8.19. The standard InChI is InChI=1S/C11H9N5/c12-9-3-4-10-14-15-11(16(10)7-9)8-2-1-5-13-6-8/h1-7H,12H2. The van der Waals surface area contributed by atoms with E-state index in [1.165, 1.54) is 0 Å². The number of aromatic nitrogens is 4. The van der Waals surface area contributed by atoms with Crippen LogP contribution < -0.4 is 5.73 Å². The van der Waals surface area contributed by atoms with Gasteiger partial charge in [-0.15, -0.1) is 10.2 Å². The van der Waals surface area contributed by atoms with Crippen molar-refractivity contribution in [1.29, 1.82) is 0 Å². The summed E-state index contributed by atoms with van der Waals surface area (Å²) < 4.78 is 1.85. The molecule has 0 aliphatic rings. The van der Waals surface area contributed by atoms with E-state index in [4.69, 9.17) is 5.73 Å². The number of hydrogen-bond acceptors (Lipinski definition) is 4. The SMILES string of the molecule is Nc1ccc2nnc(-c3cccnc3)n2c1. The highest BCUT2D eigenvalue weighted by atomic mass is 15.2. The molecule has 78 valence electrons. The van der Waals surface area contributed by atoms with Gasteiger partial charge in [-0.05, 0) is 24.3 Å². The van der Waals surface area contributed by atoms with Crippen LogP contribution in [-0.2, 0) is 0 Å². The Bertz CT molecular complexity index is 629. The summed E-state index contributed by atoms with van der Waals surface area (Å²) >= 11 is 0. The highest BCUT2D eigenvalue weighted by Gasteiger charge is 2.07. The Balaban J connectivity index is 2.29. The predicted octanol–water partition coefficient (Wildman–Crippen LogP) is 1.37. The Morgan fingerprint density at radius 1 is 1.12 bits per heavy atom. The molecule has 5 nitrogen and oxygen atoms in total. The van der Waals surface area contributed by atoms with E-state index in [0.717, 1.165) is 17.0 Å². The second-order valence-corrected chi connectivity index (χ2v) is 3.46. The summed E-state index contributed by atoms with van der Waals surface area (Å²) in [5.74, 6) is 0.746. The molecule has 0 fully saturated rings. The number of nitrogens with zero attached hydrogens (tertiary/aromatic N) is 4. The monoisotopic (exact) mass is 211 g/mol. The lowest BCUT2D eigenvalue weighted by Gasteiger charge is -1.99. The summed E-state index contributed by atoms with van der Waals surface area (Å²) in [4.78, 5) is 4.06.